The molecular formula is C19H13ClFN5O2. The normalized spacial score (nSPS) is 10.6. The summed E-state index contributed by atoms with van der Waals surface area (Å²) in [6.45, 7) is 0.230. The number of aromatic nitrogens is 4. The molecule has 2 aromatic heterocycles. The Labute approximate surface area is 164 Å². The van der Waals surface area contributed by atoms with Gasteiger partial charge in [-0.15, -0.1) is 0 Å². The van der Waals surface area contributed by atoms with Crippen molar-refractivity contribution in [2.75, 3.05) is 5.32 Å². The van der Waals surface area contributed by atoms with Crippen molar-refractivity contribution in [2.24, 2.45) is 0 Å². The number of halogens is 2. The van der Waals surface area contributed by atoms with Crippen LogP contribution in [0.2, 0.25) is 5.02 Å². The predicted molar refractivity (Wildman–Crippen MR) is 101 cm³/mol. The minimum atomic E-state index is -0.339. The molecule has 0 saturated heterocycles. The van der Waals surface area contributed by atoms with Gasteiger partial charge in [0.15, 0.2) is 0 Å². The minimum Gasteiger partial charge on any atom is -0.439 e. The number of nitrogens with zero attached hydrogens (tertiary/aromatic N) is 4. The van der Waals surface area contributed by atoms with Crippen LogP contribution in [0.15, 0.2) is 65.3 Å². The molecule has 0 bridgehead atoms. The fourth-order valence-corrected chi connectivity index (χ4v) is 2.52. The zero-order chi connectivity index (χ0) is 19.3. The van der Waals surface area contributed by atoms with Crippen LogP contribution in [-0.2, 0) is 6.54 Å². The molecule has 0 saturated carbocycles. The third-order valence-corrected chi connectivity index (χ3v) is 3.85. The van der Waals surface area contributed by atoms with Crippen molar-refractivity contribution < 1.29 is 13.7 Å². The van der Waals surface area contributed by atoms with Gasteiger partial charge in [-0.25, -0.2) is 9.37 Å². The number of nitrogens with one attached hydrogen (secondary N) is 1. The molecule has 4 aromatic rings. The molecule has 0 atom stereocenters. The Morgan fingerprint density at radius 3 is 2.75 bits per heavy atom. The van der Waals surface area contributed by atoms with Gasteiger partial charge in [0.2, 0.25) is 23.5 Å². The van der Waals surface area contributed by atoms with Crippen LogP contribution in [0, 0.1) is 5.82 Å². The van der Waals surface area contributed by atoms with Crippen molar-refractivity contribution in [1.29, 1.82) is 0 Å². The smallest absolute Gasteiger partial charge is 0.246 e. The van der Waals surface area contributed by atoms with E-state index in [0.29, 0.717) is 34.3 Å². The van der Waals surface area contributed by atoms with Crippen molar-refractivity contribution in [2.45, 2.75) is 6.54 Å². The maximum Gasteiger partial charge on any atom is 0.246 e. The van der Waals surface area contributed by atoms with Crippen LogP contribution >= 0.6 is 11.6 Å². The van der Waals surface area contributed by atoms with Crippen molar-refractivity contribution in [1.82, 2.24) is 20.1 Å². The Bertz CT molecular complexity index is 1090. The van der Waals surface area contributed by atoms with Crippen LogP contribution < -0.4 is 10.1 Å². The number of ether oxygens (including phenoxy) is 1. The summed E-state index contributed by atoms with van der Waals surface area (Å²) in [6.07, 6.45) is 1.54. The second-order valence-electron chi connectivity index (χ2n) is 5.65. The number of benzene rings is 2. The van der Waals surface area contributed by atoms with E-state index in [9.17, 15) is 4.39 Å². The predicted octanol–water partition coefficient (Wildman–Crippen LogP) is 4.72. The standard InChI is InChI=1S/C19H13ClFN5O2/c20-13-3-1-2-12(10-13)18-24-17(28-26-18)11-23-19-22-9-8-16(25-19)27-15-6-4-14(21)5-7-15/h1-10H,11H2,(H,22,23,25). The van der Waals surface area contributed by atoms with Gasteiger partial charge in [0.1, 0.15) is 11.6 Å². The lowest BCUT2D eigenvalue weighted by atomic mass is 10.2. The first-order valence-electron chi connectivity index (χ1n) is 8.24. The van der Waals surface area contributed by atoms with Gasteiger partial charge in [-0.1, -0.05) is 28.9 Å². The molecule has 0 fully saturated rings. The summed E-state index contributed by atoms with van der Waals surface area (Å²) >= 11 is 5.98. The quantitative estimate of drug-likeness (QED) is 0.503. The lowest BCUT2D eigenvalue weighted by molar-refractivity contribution is 0.383. The molecular weight excluding hydrogens is 385 g/mol. The van der Waals surface area contributed by atoms with Crippen LogP contribution in [-0.4, -0.2) is 20.1 Å². The zero-order valence-electron chi connectivity index (χ0n) is 14.3. The Morgan fingerprint density at radius 1 is 1.07 bits per heavy atom. The van der Waals surface area contributed by atoms with Gasteiger partial charge in [-0.3, -0.25) is 0 Å². The number of rotatable bonds is 6. The van der Waals surface area contributed by atoms with Gasteiger partial charge < -0.3 is 14.6 Å². The molecule has 0 aliphatic heterocycles. The first kappa shape index (κ1) is 17.9. The summed E-state index contributed by atoms with van der Waals surface area (Å²) in [5.41, 5.74) is 0.758. The summed E-state index contributed by atoms with van der Waals surface area (Å²) in [7, 11) is 0. The lowest BCUT2D eigenvalue weighted by Crippen LogP contribution is -2.04. The first-order valence-corrected chi connectivity index (χ1v) is 8.62. The zero-order valence-corrected chi connectivity index (χ0v) is 15.1. The van der Waals surface area contributed by atoms with Crippen LogP contribution in [0.4, 0.5) is 10.3 Å². The highest BCUT2D eigenvalue weighted by Gasteiger charge is 2.10. The second-order valence-corrected chi connectivity index (χ2v) is 6.09. The topological polar surface area (TPSA) is 86.0 Å². The molecule has 0 unspecified atom stereocenters. The minimum absolute atomic E-state index is 0.230. The molecule has 0 aliphatic rings. The first-order chi connectivity index (χ1) is 13.7. The molecule has 0 amide bonds. The van der Waals surface area contributed by atoms with Crippen LogP contribution in [0.25, 0.3) is 11.4 Å². The lowest BCUT2D eigenvalue weighted by Gasteiger charge is -2.06. The molecule has 9 heteroatoms. The van der Waals surface area contributed by atoms with Gasteiger partial charge in [0.25, 0.3) is 0 Å². The van der Waals surface area contributed by atoms with E-state index in [0.717, 1.165) is 5.56 Å². The third kappa shape index (κ3) is 4.41. The van der Waals surface area contributed by atoms with E-state index in [1.165, 1.54) is 24.3 Å². The van der Waals surface area contributed by atoms with Gasteiger partial charge in [0.05, 0.1) is 6.54 Å². The Kier molecular flexibility index (Phi) is 5.11. The van der Waals surface area contributed by atoms with Crippen molar-refractivity contribution >= 4 is 17.5 Å². The third-order valence-electron chi connectivity index (χ3n) is 3.61. The molecule has 4 rings (SSSR count). The highest BCUT2D eigenvalue weighted by atomic mass is 35.5. The average molecular weight is 398 g/mol. The second kappa shape index (κ2) is 8.01. The van der Waals surface area contributed by atoms with Gasteiger partial charge in [-0.05, 0) is 36.4 Å². The summed E-state index contributed by atoms with van der Waals surface area (Å²) in [5, 5.41) is 7.52. The van der Waals surface area contributed by atoms with Gasteiger partial charge in [-0.2, -0.15) is 9.97 Å². The Balaban J connectivity index is 1.41. The van der Waals surface area contributed by atoms with E-state index < -0.39 is 0 Å². The van der Waals surface area contributed by atoms with E-state index in [1.54, 1.807) is 24.4 Å². The average Bonchev–Trinajstić information content (AvgIpc) is 3.18. The highest BCUT2D eigenvalue weighted by molar-refractivity contribution is 6.30. The number of hydrogen-bond donors (Lipinski definition) is 1. The number of hydrogen-bond acceptors (Lipinski definition) is 7. The summed E-state index contributed by atoms with van der Waals surface area (Å²) in [4.78, 5) is 12.7. The van der Waals surface area contributed by atoms with E-state index in [4.69, 9.17) is 20.9 Å². The molecule has 0 radical (unpaired) electrons. The molecule has 0 spiro atoms. The highest BCUT2D eigenvalue weighted by Crippen LogP contribution is 2.21. The van der Waals surface area contributed by atoms with Crippen molar-refractivity contribution in [3.63, 3.8) is 0 Å². The molecule has 7 nitrogen and oxygen atoms in total. The maximum absolute atomic E-state index is 13.0. The maximum atomic E-state index is 13.0. The Hall–Kier alpha value is -3.52. The van der Waals surface area contributed by atoms with E-state index in [1.807, 2.05) is 12.1 Å². The van der Waals surface area contributed by atoms with Gasteiger partial charge >= 0.3 is 0 Å². The largest absolute Gasteiger partial charge is 0.439 e. The van der Waals surface area contributed by atoms with Crippen LogP contribution in [0.1, 0.15) is 5.89 Å². The molecule has 2 aromatic carbocycles. The molecule has 28 heavy (non-hydrogen) atoms. The van der Waals surface area contributed by atoms with Crippen LogP contribution in [0.3, 0.4) is 0 Å². The van der Waals surface area contributed by atoms with E-state index in [2.05, 4.69) is 25.4 Å². The fourth-order valence-electron chi connectivity index (χ4n) is 2.33. The monoisotopic (exact) mass is 397 g/mol. The molecule has 0 aliphatic carbocycles. The van der Waals surface area contributed by atoms with Crippen molar-refractivity contribution in [3.05, 3.63) is 77.5 Å². The van der Waals surface area contributed by atoms with E-state index >= 15 is 0 Å². The molecule has 1 N–H and O–H groups in total. The Morgan fingerprint density at radius 2 is 1.93 bits per heavy atom. The summed E-state index contributed by atoms with van der Waals surface area (Å²) in [5.74, 6) is 1.57. The van der Waals surface area contributed by atoms with Crippen LogP contribution in [0.5, 0.6) is 11.6 Å². The molecule has 2 heterocycles. The summed E-state index contributed by atoms with van der Waals surface area (Å²) < 4.78 is 23.8. The SMILES string of the molecule is Fc1ccc(Oc2ccnc(NCc3nc(-c4cccc(Cl)c4)no3)n2)cc1. The fraction of sp³-hybridized carbons (Fsp3) is 0.0526. The van der Waals surface area contributed by atoms with Gasteiger partial charge in [0, 0.05) is 22.8 Å². The molecule has 140 valence electrons. The van der Waals surface area contributed by atoms with Crippen molar-refractivity contribution in [3.8, 4) is 23.0 Å². The van der Waals surface area contributed by atoms with E-state index in [-0.39, 0.29) is 12.4 Å². The number of anilines is 1. The summed E-state index contributed by atoms with van der Waals surface area (Å²) in [6, 6.07) is 14.4.